The topological polar surface area (TPSA) is 103 Å². The van der Waals surface area contributed by atoms with Crippen molar-refractivity contribution in [2.75, 3.05) is 19.7 Å². The van der Waals surface area contributed by atoms with Crippen molar-refractivity contribution >= 4 is 38.6 Å². The first-order chi connectivity index (χ1) is 20.1. The van der Waals surface area contributed by atoms with Gasteiger partial charge in [0.25, 0.3) is 0 Å². The van der Waals surface area contributed by atoms with E-state index in [2.05, 4.69) is 26.6 Å². The van der Waals surface area contributed by atoms with Gasteiger partial charge in [0, 0.05) is 24.3 Å². The van der Waals surface area contributed by atoms with Crippen LogP contribution in [0.4, 0.5) is 0 Å². The number of rotatable bonds is 9. The Labute approximate surface area is 241 Å². The highest BCUT2D eigenvalue weighted by atomic mass is 32.1. The first-order valence-electron chi connectivity index (χ1n) is 14.1. The highest BCUT2D eigenvalue weighted by Gasteiger charge is 2.26. The van der Waals surface area contributed by atoms with Crippen LogP contribution in [0.2, 0.25) is 0 Å². The average molecular weight is 570 g/mol. The van der Waals surface area contributed by atoms with Crippen molar-refractivity contribution in [1.82, 2.24) is 24.4 Å². The molecule has 3 aromatic heterocycles. The molecule has 10 heteroatoms. The lowest BCUT2D eigenvalue weighted by molar-refractivity contribution is -0.0592. The summed E-state index contributed by atoms with van der Waals surface area (Å²) in [7, 11) is 0. The summed E-state index contributed by atoms with van der Waals surface area (Å²) in [4.78, 5) is 28.4. The molecule has 0 saturated carbocycles. The second kappa shape index (κ2) is 11.2. The van der Waals surface area contributed by atoms with Gasteiger partial charge in [-0.05, 0) is 68.8 Å². The molecule has 1 N–H and O–H groups in total. The van der Waals surface area contributed by atoms with E-state index in [9.17, 15) is 9.90 Å². The van der Waals surface area contributed by atoms with Crippen molar-refractivity contribution in [3.63, 3.8) is 0 Å². The predicted octanol–water partition coefficient (Wildman–Crippen LogP) is 5.49. The van der Waals surface area contributed by atoms with Gasteiger partial charge in [-0.2, -0.15) is 0 Å². The third-order valence-electron chi connectivity index (χ3n) is 8.05. The van der Waals surface area contributed by atoms with Crippen molar-refractivity contribution in [3.8, 4) is 5.88 Å². The number of carbonyl (C=O) groups is 1. The number of piperidine rings is 1. The van der Waals surface area contributed by atoms with Crippen LogP contribution in [0.15, 0.2) is 60.7 Å². The minimum absolute atomic E-state index is 0.153. The number of pyridine rings is 1. The molecule has 0 spiro atoms. The zero-order chi connectivity index (χ0) is 27.8. The zero-order valence-electron chi connectivity index (χ0n) is 22.6. The summed E-state index contributed by atoms with van der Waals surface area (Å²) in [6.07, 6.45) is 3.17. The molecule has 1 atom stereocenters. The number of hydrogen-bond acceptors (Lipinski definition) is 8. The third-order valence-corrected chi connectivity index (χ3v) is 9.06. The molecular weight excluding hydrogens is 538 g/mol. The Morgan fingerprint density at radius 3 is 2.63 bits per heavy atom. The third kappa shape index (κ3) is 5.55. The van der Waals surface area contributed by atoms with E-state index in [1.165, 1.54) is 0 Å². The number of para-hydroxylation sites is 1. The van der Waals surface area contributed by atoms with Crippen molar-refractivity contribution in [2.45, 2.75) is 51.0 Å². The maximum absolute atomic E-state index is 11.6. The van der Waals surface area contributed by atoms with Crippen LogP contribution in [-0.4, -0.2) is 61.3 Å². The highest BCUT2D eigenvalue weighted by molar-refractivity contribution is 7.18. The molecular formula is C31H31N5O4S. The van der Waals surface area contributed by atoms with Crippen LogP contribution in [0.3, 0.4) is 0 Å². The van der Waals surface area contributed by atoms with Gasteiger partial charge in [-0.1, -0.05) is 18.2 Å². The van der Waals surface area contributed by atoms with Crippen molar-refractivity contribution in [3.05, 3.63) is 82.8 Å². The second-order valence-electron chi connectivity index (χ2n) is 10.7. The van der Waals surface area contributed by atoms with E-state index in [-0.39, 0.29) is 11.7 Å². The Morgan fingerprint density at radius 1 is 1.00 bits per heavy atom. The number of thiazole rings is 1. The number of imidazole rings is 1. The molecule has 0 unspecified atom stereocenters. The Morgan fingerprint density at radius 2 is 1.85 bits per heavy atom. The quantitative estimate of drug-likeness (QED) is 0.249. The SMILES string of the molecule is O=C(O)c1ccc2nc(CN3CCC(c4cccc(OCc5nc6ccccc6s5)n4)CC3)n(C[C@@H]3CCO3)c2c1. The zero-order valence-corrected chi connectivity index (χ0v) is 23.4. The number of aromatic nitrogens is 4. The maximum Gasteiger partial charge on any atom is 0.335 e. The number of likely N-dealkylation sites (tertiary alicyclic amines) is 1. The summed E-state index contributed by atoms with van der Waals surface area (Å²) >= 11 is 1.65. The number of hydrogen-bond donors (Lipinski definition) is 1. The van der Waals surface area contributed by atoms with Gasteiger partial charge in [-0.25, -0.2) is 19.7 Å². The molecule has 210 valence electrons. The van der Waals surface area contributed by atoms with Gasteiger partial charge >= 0.3 is 5.97 Å². The first-order valence-corrected chi connectivity index (χ1v) is 14.9. The minimum Gasteiger partial charge on any atom is -0.478 e. The molecule has 5 heterocycles. The predicted molar refractivity (Wildman–Crippen MR) is 156 cm³/mol. The van der Waals surface area contributed by atoms with Crippen LogP contribution in [0.1, 0.15) is 52.1 Å². The molecule has 0 radical (unpaired) electrons. The molecule has 2 aromatic carbocycles. The molecule has 7 rings (SSSR count). The van der Waals surface area contributed by atoms with E-state index in [4.69, 9.17) is 19.4 Å². The van der Waals surface area contributed by atoms with E-state index >= 15 is 0 Å². The van der Waals surface area contributed by atoms with Crippen LogP contribution in [-0.2, 0) is 24.4 Å². The fourth-order valence-corrected chi connectivity index (χ4v) is 6.59. The lowest BCUT2D eigenvalue weighted by Crippen LogP contribution is -2.35. The highest BCUT2D eigenvalue weighted by Crippen LogP contribution is 2.30. The average Bonchev–Trinajstić information content (AvgIpc) is 3.54. The molecule has 2 saturated heterocycles. The number of carboxylic acids is 1. The largest absolute Gasteiger partial charge is 0.478 e. The van der Waals surface area contributed by atoms with Crippen molar-refractivity contribution in [2.24, 2.45) is 0 Å². The van der Waals surface area contributed by atoms with E-state index in [1.54, 1.807) is 23.5 Å². The van der Waals surface area contributed by atoms with Crippen LogP contribution in [0, 0.1) is 0 Å². The summed E-state index contributed by atoms with van der Waals surface area (Å²) in [5.74, 6) is 1.04. The molecule has 2 fully saturated rings. The lowest BCUT2D eigenvalue weighted by atomic mass is 9.93. The Hall–Kier alpha value is -3.86. The number of ether oxygens (including phenoxy) is 2. The Kier molecular flexibility index (Phi) is 7.12. The normalized spacial score (nSPS) is 18.1. The summed E-state index contributed by atoms with van der Waals surface area (Å²) < 4.78 is 15.1. The van der Waals surface area contributed by atoms with Gasteiger partial charge in [0.2, 0.25) is 5.88 Å². The molecule has 2 aliphatic rings. The Balaban J connectivity index is 1.00. The van der Waals surface area contributed by atoms with Gasteiger partial charge in [0.05, 0.1) is 46.0 Å². The first kappa shape index (κ1) is 26.1. The minimum atomic E-state index is -0.928. The number of fused-ring (bicyclic) bond motifs is 2. The standard InChI is InChI=1S/C31H31N5O4S/c37-31(38)21-8-9-24-26(16-21)36(17-22-12-15-39-22)28(32-24)18-35-13-10-20(11-14-35)23-5-3-7-29(33-23)40-19-30-34-25-4-1-2-6-27(25)41-30/h1-9,16,20,22H,10-15,17-19H2,(H,37,38)/t22-/m0/s1. The van der Waals surface area contributed by atoms with Gasteiger partial charge in [-0.3, -0.25) is 4.90 Å². The van der Waals surface area contributed by atoms with E-state index in [0.29, 0.717) is 24.9 Å². The second-order valence-corrected chi connectivity index (χ2v) is 11.9. The smallest absolute Gasteiger partial charge is 0.335 e. The van der Waals surface area contributed by atoms with E-state index in [0.717, 1.165) is 83.3 Å². The summed E-state index contributed by atoms with van der Waals surface area (Å²) in [5.41, 5.74) is 4.03. The molecule has 0 bridgehead atoms. The van der Waals surface area contributed by atoms with Gasteiger partial charge in [0.15, 0.2) is 0 Å². The summed E-state index contributed by atoms with van der Waals surface area (Å²) in [6.45, 7) is 4.48. The number of benzene rings is 2. The van der Waals surface area contributed by atoms with Gasteiger partial charge < -0.3 is 19.1 Å². The lowest BCUT2D eigenvalue weighted by Gasteiger charge is -2.32. The van der Waals surface area contributed by atoms with Crippen LogP contribution < -0.4 is 4.74 Å². The maximum atomic E-state index is 11.6. The molecule has 9 nitrogen and oxygen atoms in total. The monoisotopic (exact) mass is 569 g/mol. The number of nitrogens with zero attached hydrogens (tertiary/aromatic N) is 5. The van der Waals surface area contributed by atoms with E-state index < -0.39 is 5.97 Å². The molecule has 0 aliphatic carbocycles. The molecule has 41 heavy (non-hydrogen) atoms. The molecule has 0 amide bonds. The number of aromatic carboxylic acids is 1. The number of carboxylic acid groups (broad SMARTS) is 1. The molecule has 5 aromatic rings. The fraction of sp³-hybridized carbons (Fsp3) is 0.355. The fourth-order valence-electron chi connectivity index (χ4n) is 5.70. The Bertz CT molecular complexity index is 1670. The van der Waals surface area contributed by atoms with Crippen LogP contribution >= 0.6 is 11.3 Å². The summed E-state index contributed by atoms with van der Waals surface area (Å²) in [5, 5.41) is 10.5. The van der Waals surface area contributed by atoms with E-state index in [1.807, 2.05) is 36.4 Å². The van der Waals surface area contributed by atoms with Crippen molar-refractivity contribution in [1.29, 1.82) is 0 Å². The van der Waals surface area contributed by atoms with Crippen molar-refractivity contribution < 1.29 is 19.4 Å². The molecule has 2 aliphatic heterocycles. The summed E-state index contributed by atoms with van der Waals surface area (Å²) in [6, 6.07) is 19.3. The van der Waals surface area contributed by atoms with Gasteiger partial charge in [-0.15, -0.1) is 11.3 Å². The van der Waals surface area contributed by atoms with Crippen LogP contribution in [0.25, 0.3) is 21.3 Å². The van der Waals surface area contributed by atoms with Crippen LogP contribution in [0.5, 0.6) is 5.88 Å². The van der Waals surface area contributed by atoms with Gasteiger partial charge in [0.1, 0.15) is 17.4 Å².